The molecule has 0 radical (unpaired) electrons. The third-order valence-electron chi connectivity index (χ3n) is 3.55. The van der Waals surface area contributed by atoms with Crippen LogP contribution in [0.3, 0.4) is 0 Å². The van der Waals surface area contributed by atoms with E-state index < -0.39 is 17.7 Å². The number of rotatable bonds is 4. The zero-order valence-corrected chi connectivity index (χ0v) is 12.3. The first-order valence-electron chi connectivity index (χ1n) is 6.89. The van der Waals surface area contributed by atoms with Gasteiger partial charge in [0.1, 0.15) is 17.5 Å². The smallest absolute Gasteiger partial charge is 0.134 e. The Balaban J connectivity index is 2.58. The number of benzene rings is 2. The Bertz CT molecular complexity index is 653. The monoisotopic (exact) mass is 293 g/mol. The van der Waals surface area contributed by atoms with Crippen molar-refractivity contribution in [2.75, 3.05) is 6.54 Å². The van der Waals surface area contributed by atoms with Gasteiger partial charge in [0.2, 0.25) is 0 Å². The first-order valence-corrected chi connectivity index (χ1v) is 6.89. The highest BCUT2D eigenvalue weighted by Gasteiger charge is 2.23. The van der Waals surface area contributed by atoms with E-state index in [4.69, 9.17) is 0 Å². The molecule has 0 fully saturated rings. The quantitative estimate of drug-likeness (QED) is 0.880. The fraction of sp³-hybridized carbons (Fsp3) is 0.294. The average Bonchev–Trinajstić information content (AvgIpc) is 2.45. The molecule has 21 heavy (non-hydrogen) atoms. The van der Waals surface area contributed by atoms with Gasteiger partial charge in [-0.1, -0.05) is 25.1 Å². The third-order valence-corrected chi connectivity index (χ3v) is 3.55. The molecule has 0 heterocycles. The first kappa shape index (κ1) is 15.6. The average molecular weight is 293 g/mol. The summed E-state index contributed by atoms with van der Waals surface area (Å²) in [6, 6.07) is 6.54. The summed E-state index contributed by atoms with van der Waals surface area (Å²) < 4.78 is 42.2. The highest BCUT2D eigenvalue weighted by Crippen LogP contribution is 2.29. The summed E-state index contributed by atoms with van der Waals surface area (Å²) in [7, 11) is 0. The fourth-order valence-electron chi connectivity index (χ4n) is 2.32. The molecule has 112 valence electrons. The molecule has 0 saturated carbocycles. The SMILES string of the molecule is CCNC(c1ccc(C)c(F)c1)c1c(F)ccc(C)c1F. The maximum absolute atomic E-state index is 14.3. The van der Waals surface area contributed by atoms with Gasteiger partial charge >= 0.3 is 0 Å². The molecule has 0 amide bonds. The molecular formula is C17H18F3N. The molecule has 0 spiro atoms. The van der Waals surface area contributed by atoms with Crippen molar-refractivity contribution in [3.05, 3.63) is 70.0 Å². The maximum atomic E-state index is 14.3. The molecule has 0 aromatic heterocycles. The van der Waals surface area contributed by atoms with Crippen LogP contribution in [0, 0.1) is 31.3 Å². The predicted molar refractivity (Wildman–Crippen MR) is 77.8 cm³/mol. The first-order chi connectivity index (χ1) is 9.95. The Morgan fingerprint density at radius 2 is 1.62 bits per heavy atom. The molecule has 4 heteroatoms. The van der Waals surface area contributed by atoms with Crippen LogP contribution in [0.4, 0.5) is 13.2 Å². The highest BCUT2D eigenvalue weighted by molar-refractivity contribution is 5.37. The molecule has 0 aliphatic heterocycles. The minimum atomic E-state index is -0.718. The van der Waals surface area contributed by atoms with Crippen molar-refractivity contribution in [3.63, 3.8) is 0 Å². The summed E-state index contributed by atoms with van der Waals surface area (Å²) in [4.78, 5) is 0. The van der Waals surface area contributed by atoms with Crippen LogP contribution in [0.5, 0.6) is 0 Å². The Kier molecular flexibility index (Phi) is 4.68. The number of nitrogens with one attached hydrogen (secondary N) is 1. The van der Waals surface area contributed by atoms with Crippen molar-refractivity contribution < 1.29 is 13.2 Å². The minimum Gasteiger partial charge on any atom is -0.306 e. The molecule has 0 aliphatic rings. The Hall–Kier alpha value is -1.81. The second-order valence-corrected chi connectivity index (χ2v) is 5.09. The number of aryl methyl sites for hydroxylation is 2. The van der Waals surface area contributed by atoms with E-state index in [0.29, 0.717) is 23.2 Å². The highest BCUT2D eigenvalue weighted by atomic mass is 19.1. The lowest BCUT2D eigenvalue weighted by Crippen LogP contribution is -2.24. The van der Waals surface area contributed by atoms with Crippen molar-refractivity contribution in [1.29, 1.82) is 0 Å². The lowest BCUT2D eigenvalue weighted by molar-refractivity contribution is 0.504. The van der Waals surface area contributed by atoms with Crippen LogP contribution in [0.15, 0.2) is 30.3 Å². The minimum absolute atomic E-state index is 0.0693. The maximum Gasteiger partial charge on any atom is 0.134 e. The Morgan fingerprint density at radius 3 is 2.24 bits per heavy atom. The lowest BCUT2D eigenvalue weighted by atomic mass is 9.95. The molecule has 1 N–H and O–H groups in total. The van der Waals surface area contributed by atoms with Crippen LogP contribution >= 0.6 is 0 Å². The van der Waals surface area contributed by atoms with Gasteiger partial charge in [-0.3, -0.25) is 0 Å². The molecule has 2 rings (SSSR count). The van der Waals surface area contributed by atoms with E-state index in [9.17, 15) is 13.2 Å². The molecule has 2 aromatic carbocycles. The van der Waals surface area contributed by atoms with E-state index in [0.717, 1.165) is 0 Å². The second-order valence-electron chi connectivity index (χ2n) is 5.09. The van der Waals surface area contributed by atoms with Gasteiger partial charge < -0.3 is 5.32 Å². The van der Waals surface area contributed by atoms with E-state index in [-0.39, 0.29) is 11.4 Å². The normalized spacial score (nSPS) is 12.5. The molecule has 2 aromatic rings. The zero-order chi connectivity index (χ0) is 15.6. The van der Waals surface area contributed by atoms with Gasteiger partial charge in [0.25, 0.3) is 0 Å². The Labute approximate surface area is 122 Å². The van der Waals surface area contributed by atoms with Crippen LogP contribution in [0.1, 0.15) is 35.2 Å². The lowest BCUT2D eigenvalue weighted by Gasteiger charge is -2.21. The molecule has 0 aliphatic carbocycles. The molecular weight excluding hydrogens is 275 g/mol. The molecule has 1 unspecified atom stereocenters. The van der Waals surface area contributed by atoms with E-state index in [1.165, 1.54) is 18.2 Å². The third kappa shape index (κ3) is 3.10. The van der Waals surface area contributed by atoms with Gasteiger partial charge in [0.05, 0.1) is 6.04 Å². The van der Waals surface area contributed by atoms with Gasteiger partial charge in [-0.05, 0) is 49.2 Å². The summed E-state index contributed by atoms with van der Waals surface area (Å²) in [5, 5.41) is 3.02. The van der Waals surface area contributed by atoms with Crippen LogP contribution in [0.25, 0.3) is 0 Å². The summed E-state index contributed by atoms with van der Waals surface area (Å²) in [6.45, 7) is 5.57. The fourth-order valence-corrected chi connectivity index (χ4v) is 2.32. The van der Waals surface area contributed by atoms with Gasteiger partial charge in [-0.15, -0.1) is 0 Å². The van der Waals surface area contributed by atoms with Crippen molar-refractivity contribution in [1.82, 2.24) is 5.32 Å². The second kappa shape index (κ2) is 6.31. The largest absolute Gasteiger partial charge is 0.306 e. The van der Waals surface area contributed by atoms with E-state index in [1.807, 2.05) is 6.92 Å². The summed E-state index contributed by atoms with van der Waals surface area (Å²) >= 11 is 0. The van der Waals surface area contributed by atoms with E-state index >= 15 is 0 Å². The molecule has 0 bridgehead atoms. The van der Waals surface area contributed by atoms with Crippen molar-refractivity contribution in [2.45, 2.75) is 26.8 Å². The predicted octanol–water partition coefficient (Wildman–Crippen LogP) is 4.42. The summed E-state index contributed by atoms with van der Waals surface area (Å²) in [5.74, 6) is -1.61. The number of hydrogen-bond acceptors (Lipinski definition) is 1. The molecule has 0 saturated heterocycles. The van der Waals surface area contributed by atoms with Crippen LogP contribution in [0.2, 0.25) is 0 Å². The zero-order valence-electron chi connectivity index (χ0n) is 12.3. The number of halogens is 3. The Morgan fingerprint density at radius 1 is 0.952 bits per heavy atom. The van der Waals surface area contributed by atoms with Gasteiger partial charge in [-0.2, -0.15) is 0 Å². The standard InChI is InChI=1S/C17H18F3N/c1-4-21-17(12-7-5-10(2)14(19)9-12)15-13(18)8-6-11(3)16(15)20/h5-9,17,21H,4H2,1-3H3. The van der Waals surface area contributed by atoms with Crippen molar-refractivity contribution >= 4 is 0 Å². The number of hydrogen-bond donors (Lipinski definition) is 1. The van der Waals surface area contributed by atoms with Gasteiger partial charge in [0, 0.05) is 5.56 Å². The molecule has 1 atom stereocenters. The van der Waals surface area contributed by atoms with Crippen molar-refractivity contribution in [3.8, 4) is 0 Å². The van der Waals surface area contributed by atoms with Crippen molar-refractivity contribution in [2.24, 2.45) is 0 Å². The topological polar surface area (TPSA) is 12.0 Å². The van der Waals surface area contributed by atoms with Crippen LogP contribution in [-0.4, -0.2) is 6.54 Å². The van der Waals surface area contributed by atoms with E-state index in [2.05, 4.69) is 5.32 Å². The summed E-state index contributed by atoms with van der Waals surface area (Å²) in [6.07, 6.45) is 0. The van der Waals surface area contributed by atoms with Crippen LogP contribution in [-0.2, 0) is 0 Å². The van der Waals surface area contributed by atoms with E-state index in [1.54, 1.807) is 26.0 Å². The molecule has 1 nitrogen and oxygen atoms in total. The van der Waals surface area contributed by atoms with Crippen LogP contribution < -0.4 is 5.32 Å². The van der Waals surface area contributed by atoms with Gasteiger partial charge in [0.15, 0.2) is 0 Å². The van der Waals surface area contributed by atoms with Gasteiger partial charge in [-0.25, -0.2) is 13.2 Å². The summed E-state index contributed by atoms with van der Waals surface area (Å²) in [5.41, 5.74) is 1.30.